The summed E-state index contributed by atoms with van der Waals surface area (Å²) in [5.74, 6) is 0.175. The Morgan fingerprint density at radius 2 is 2.36 bits per heavy atom. The van der Waals surface area contributed by atoms with E-state index >= 15 is 0 Å². The van der Waals surface area contributed by atoms with Crippen molar-refractivity contribution >= 4 is 28.5 Å². The number of rotatable bonds is 4. The summed E-state index contributed by atoms with van der Waals surface area (Å²) >= 11 is 2.20. The Kier molecular flexibility index (Phi) is 4.19. The molecule has 0 heterocycles. The van der Waals surface area contributed by atoms with E-state index in [0.717, 1.165) is 9.32 Å². The SMILES string of the molecule is CC(COc1cccc(I)c1)C(N)=O. The third kappa shape index (κ3) is 3.53. The molecule has 0 fully saturated rings. The number of amides is 1. The van der Waals surface area contributed by atoms with Crippen molar-refractivity contribution in [3.63, 3.8) is 0 Å². The quantitative estimate of drug-likeness (QED) is 0.862. The van der Waals surface area contributed by atoms with Gasteiger partial charge in [-0.25, -0.2) is 0 Å². The van der Waals surface area contributed by atoms with E-state index < -0.39 is 0 Å². The molecule has 4 heteroatoms. The fraction of sp³-hybridized carbons (Fsp3) is 0.300. The van der Waals surface area contributed by atoms with Crippen LogP contribution < -0.4 is 10.5 Å². The summed E-state index contributed by atoms with van der Waals surface area (Å²) in [6.45, 7) is 2.08. The Morgan fingerprint density at radius 3 is 2.93 bits per heavy atom. The van der Waals surface area contributed by atoms with Gasteiger partial charge in [0.05, 0.1) is 12.5 Å². The van der Waals surface area contributed by atoms with Gasteiger partial charge < -0.3 is 10.5 Å². The van der Waals surface area contributed by atoms with E-state index in [0.29, 0.717) is 6.61 Å². The first-order valence-electron chi connectivity index (χ1n) is 4.27. The molecule has 0 radical (unpaired) electrons. The molecule has 0 aliphatic heterocycles. The Labute approximate surface area is 96.8 Å². The van der Waals surface area contributed by atoms with Crippen LogP contribution in [-0.4, -0.2) is 12.5 Å². The average Bonchev–Trinajstić information content (AvgIpc) is 2.14. The smallest absolute Gasteiger partial charge is 0.223 e. The Morgan fingerprint density at radius 1 is 1.64 bits per heavy atom. The standard InChI is InChI=1S/C10H12INO2/c1-7(10(12)13)6-14-9-4-2-3-8(11)5-9/h2-5,7H,6H2,1H3,(H2,12,13). The highest BCUT2D eigenvalue weighted by Gasteiger charge is 2.08. The summed E-state index contributed by atoms with van der Waals surface area (Å²) in [5, 5.41) is 0. The van der Waals surface area contributed by atoms with Crippen LogP contribution in [0.1, 0.15) is 6.92 Å². The maximum Gasteiger partial charge on any atom is 0.223 e. The predicted molar refractivity (Wildman–Crippen MR) is 63.0 cm³/mol. The lowest BCUT2D eigenvalue weighted by atomic mass is 10.2. The molecule has 0 spiro atoms. The third-order valence-electron chi connectivity index (χ3n) is 1.78. The predicted octanol–water partition coefficient (Wildman–Crippen LogP) is 1.79. The van der Waals surface area contributed by atoms with E-state index in [2.05, 4.69) is 22.6 Å². The van der Waals surface area contributed by atoms with E-state index in [1.54, 1.807) is 6.92 Å². The summed E-state index contributed by atoms with van der Waals surface area (Å²) in [5.41, 5.74) is 5.11. The highest BCUT2D eigenvalue weighted by Crippen LogP contribution is 2.15. The third-order valence-corrected chi connectivity index (χ3v) is 2.45. The van der Waals surface area contributed by atoms with Gasteiger partial charge in [0.25, 0.3) is 0 Å². The molecule has 0 aliphatic carbocycles. The van der Waals surface area contributed by atoms with Gasteiger partial charge in [0.1, 0.15) is 5.75 Å². The minimum Gasteiger partial charge on any atom is -0.493 e. The number of hydrogen-bond acceptors (Lipinski definition) is 2. The van der Waals surface area contributed by atoms with Crippen molar-refractivity contribution in [1.82, 2.24) is 0 Å². The van der Waals surface area contributed by atoms with Crippen LogP contribution in [0.3, 0.4) is 0 Å². The number of nitrogens with two attached hydrogens (primary N) is 1. The fourth-order valence-electron chi connectivity index (χ4n) is 0.860. The second-order valence-electron chi connectivity index (χ2n) is 3.07. The van der Waals surface area contributed by atoms with Crippen LogP contribution in [0, 0.1) is 9.49 Å². The van der Waals surface area contributed by atoms with Crippen LogP contribution in [0.5, 0.6) is 5.75 Å². The Hall–Kier alpha value is -0.780. The molecule has 0 saturated heterocycles. The van der Waals surface area contributed by atoms with Crippen LogP contribution in [0.15, 0.2) is 24.3 Å². The number of primary amides is 1. The van der Waals surface area contributed by atoms with Crippen molar-refractivity contribution in [1.29, 1.82) is 0 Å². The number of carbonyl (C=O) groups is 1. The first kappa shape index (κ1) is 11.3. The van der Waals surface area contributed by atoms with Gasteiger partial charge in [0.15, 0.2) is 0 Å². The number of hydrogen-bond donors (Lipinski definition) is 1. The van der Waals surface area contributed by atoms with Gasteiger partial charge >= 0.3 is 0 Å². The number of ether oxygens (including phenoxy) is 1. The van der Waals surface area contributed by atoms with Crippen molar-refractivity contribution < 1.29 is 9.53 Å². The zero-order valence-corrected chi connectivity index (χ0v) is 10.0. The van der Waals surface area contributed by atoms with Crippen LogP contribution in [0.25, 0.3) is 0 Å². The van der Waals surface area contributed by atoms with Crippen LogP contribution in [-0.2, 0) is 4.79 Å². The molecule has 76 valence electrons. The van der Waals surface area contributed by atoms with Gasteiger partial charge in [-0.05, 0) is 40.8 Å². The molecule has 1 atom stereocenters. The Bertz CT molecular complexity index is 328. The van der Waals surface area contributed by atoms with Crippen LogP contribution in [0.4, 0.5) is 0 Å². The van der Waals surface area contributed by atoms with Gasteiger partial charge in [0, 0.05) is 3.57 Å². The van der Waals surface area contributed by atoms with Crippen molar-refractivity contribution in [2.75, 3.05) is 6.61 Å². The van der Waals surface area contributed by atoms with E-state index in [9.17, 15) is 4.79 Å². The summed E-state index contributed by atoms with van der Waals surface area (Å²) < 4.78 is 6.51. The van der Waals surface area contributed by atoms with Gasteiger partial charge in [-0.1, -0.05) is 13.0 Å². The lowest BCUT2D eigenvalue weighted by Crippen LogP contribution is -2.25. The molecule has 1 rings (SSSR count). The van der Waals surface area contributed by atoms with Crippen LogP contribution in [0.2, 0.25) is 0 Å². The number of benzene rings is 1. The van der Waals surface area contributed by atoms with Crippen molar-refractivity contribution in [3.05, 3.63) is 27.8 Å². The lowest BCUT2D eigenvalue weighted by molar-refractivity contribution is -0.122. The lowest BCUT2D eigenvalue weighted by Gasteiger charge is -2.09. The number of halogens is 1. The minimum atomic E-state index is -0.337. The molecule has 0 bridgehead atoms. The summed E-state index contributed by atoms with van der Waals surface area (Å²) in [6, 6.07) is 7.65. The maximum atomic E-state index is 10.7. The van der Waals surface area contributed by atoms with E-state index in [-0.39, 0.29) is 11.8 Å². The summed E-state index contributed by atoms with van der Waals surface area (Å²) in [6.07, 6.45) is 0. The van der Waals surface area contributed by atoms with E-state index in [1.807, 2.05) is 24.3 Å². The van der Waals surface area contributed by atoms with E-state index in [1.165, 1.54) is 0 Å². The first-order chi connectivity index (χ1) is 6.59. The van der Waals surface area contributed by atoms with Crippen molar-refractivity contribution in [2.24, 2.45) is 11.7 Å². The molecular weight excluding hydrogens is 293 g/mol. The zero-order valence-electron chi connectivity index (χ0n) is 7.87. The molecule has 1 aromatic rings. The van der Waals surface area contributed by atoms with Crippen LogP contribution >= 0.6 is 22.6 Å². The fourth-order valence-corrected chi connectivity index (χ4v) is 1.37. The van der Waals surface area contributed by atoms with Gasteiger partial charge in [-0.2, -0.15) is 0 Å². The molecular formula is C10H12INO2. The van der Waals surface area contributed by atoms with Crippen molar-refractivity contribution in [3.8, 4) is 5.75 Å². The molecule has 0 saturated carbocycles. The second-order valence-corrected chi connectivity index (χ2v) is 4.32. The highest BCUT2D eigenvalue weighted by atomic mass is 127. The first-order valence-corrected chi connectivity index (χ1v) is 5.35. The maximum absolute atomic E-state index is 10.7. The normalized spacial score (nSPS) is 12.1. The van der Waals surface area contributed by atoms with Gasteiger partial charge in [-0.15, -0.1) is 0 Å². The average molecular weight is 305 g/mol. The molecule has 14 heavy (non-hydrogen) atoms. The molecule has 1 unspecified atom stereocenters. The summed E-state index contributed by atoms with van der Waals surface area (Å²) in [4.78, 5) is 10.7. The topological polar surface area (TPSA) is 52.3 Å². The zero-order chi connectivity index (χ0) is 10.6. The Balaban J connectivity index is 2.49. The number of carbonyl (C=O) groups excluding carboxylic acids is 1. The largest absolute Gasteiger partial charge is 0.493 e. The minimum absolute atomic E-state index is 0.257. The second kappa shape index (κ2) is 5.19. The monoisotopic (exact) mass is 305 g/mol. The van der Waals surface area contributed by atoms with Crippen molar-refractivity contribution in [2.45, 2.75) is 6.92 Å². The molecule has 0 aromatic heterocycles. The highest BCUT2D eigenvalue weighted by molar-refractivity contribution is 14.1. The molecule has 1 amide bonds. The summed E-state index contributed by atoms with van der Waals surface area (Å²) in [7, 11) is 0. The molecule has 2 N–H and O–H groups in total. The van der Waals surface area contributed by atoms with Gasteiger partial charge in [0.2, 0.25) is 5.91 Å². The molecule has 3 nitrogen and oxygen atoms in total. The molecule has 1 aromatic carbocycles. The molecule has 0 aliphatic rings. The van der Waals surface area contributed by atoms with E-state index in [4.69, 9.17) is 10.5 Å². The van der Waals surface area contributed by atoms with Gasteiger partial charge in [-0.3, -0.25) is 4.79 Å².